The molecule has 1 atom stereocenters. The van der Waals surface area contributed by atoms with Crippen LogP contribution in [0.3, 0.4) is 0 Å². The van der Waals surface area contributed by atoms with Crippen LogP contribution in [0.25, 0.3) is 0 Å². The lowest BCUT2D eigenvalue weighted by atomic mass is 9.97. The van der Waals surface area contributed by atoms with E-state index in [1.807, 2.05) is 45.0 Å². The summed E-state index contributed by atoms with van der Waals surface area (Å²) in [7, 11) is 0. The van der Waals surface area contributed by atoms with Gasteiger partial charge in [0.15, 0.2) is 0 Å². The first-order valence-electron chi connectivity index (χ1n) is 9.00. The number of carbonyl (C=O) groups excluding carboxylic acids is 2. The fraction of sp³-hybridized carbons (Fsp3) is 0.579. The maximum absolute atomic E-state index is 12.5. The maximum Gasteiger partial charge on any atom is 0.317 e. The molecular weight excluding hydrogens is 320 g/mol. The van der Waals surface area contributed by atoms with E-state index in [2.05, 4.69) is 5.32 Å². The number of nitrogens with zero attached hydrogens (tertiary/aromatic N) is 1. The summed E-state index contributed by atoms with van der Waals surface area (Å²) in [5, 5.41) is 3.02. The fourth-order valence-corrected chi connectivity index (χ4v) is 2.98. The second-order valence-electron chi connectivity index (χ2n) is 6.19. The molecule has 1 aromatic rings. The lowest BCUT2D eigenvalue weighted by Crippen LogP contribution is -2.46. The predicted octanol–water partition coefficient (Wildman–Crippen LogP) is 3.13. The minimum atomic E-state index is -0.149. The molecule has 0 saturated carbocycles. The average molecular weight is 348 g/mol. The van der Waals surface area contributed by atoms with Gasteiger partial charge in [0.25, 0.3) is 0 Å². The Balaban J connectivity index is 1.86. The van der Waals surface area contributed by atoms with E-state index in [9.17, 15) is 9.59 Å². The summed E-state index contributed by atoms with van der Waals surface area (Å²) in [5.74, 6) is 0.560. The van der Waals surface area contributed by atoms with E-state index in [1.54, 1.807) is 4.90 Å². The van der Waals surface area contributed by atoms with Crippen molar-refractivity contribution in [2.75, 3.05) is 26.3 Å². The number of carbonyl (C=O) groups is 2. The van der Waals surface area contributed by atoms with Crippen molar-refractivity contribution in [3.05, 3.63) is 29.8 Å². The molecule has 6 heteroatoms. The van der Waals surface area contributed by atoms with Crippen molar-refractivity contribution in [3.63, 3.8) is 0 Å². The average Bonchev–Trinajstić information content (AvgIpc) is 2.62. The van der Waals surface area contributed by atoms with E-state index in [0.717, 1.165) is 11.3 Å². The van der Waals surface area contributed by atoms with Gasteiger partial charge in [-0.15, -0.1) is 0 Å². The first-order chi connectivity index (χ1) is 12.0. The second kappa shape index (κ2) is 9.30. The van der Waals surface area contributed by atoms with Crippen molar-refractivity contribution >= 4 is 12.0 Å². The molecule has 138 valence electrons. The number of ether oxygens (including phenoxy) is 2. The minimum Gasteiger partial charge on any atom is -0.494 e. The normalized spacial score (nSPS) is 16.2. The molecule has 0 unspecified atom stereocenters. The summed E-state index contributed by atoms with van der Waals surface area (Å²) < 4.78 is 10.6. The molecule has 6 nitrogen and oxygen atoms in total. The number of benzene rings is 1. The summed E-state index contributed by atoms with van der Waals surface area (Å²) in [6.45, 7) is 7.86. The standard InChI is InChI=1S/C19H28N2O4/c1-4-24-17-8-6-7-16(13-17)14(3)20-19(23)21-11-9-15(10-12-21)18(22)25-5-2/h6-8,13-15H,4-5,9-12H2,1-3H3,(H,20,23)/t14-/m0/s1. The maximum atomic E-state index is 12.5. The van der Waals surface area contributed by atoms with Crippen LogP contribution in [0.15, 0.2) is 24.3 Å². The molecule has 1 fully saturated rings. The monoisotopic (exact) mass is 348 g/mol. The molecule has 1 heterocycles. The third-order valence-electron chi connectivity index (χ3n) is 4.41. The molecule has 1 aromatic carbocycles. The summed E-state index contributed by atoms with van der Waals surface area (Å²) in [4.78, 5) is 26.0. The van der Waals surface area contributed by atoms with Gasteiger partial charge in [-0.3, -0.25) is 4.79 Å². The number of nitrogens with one attached hydrogen (secondary N) is 1. The number of likely N-dealkylation sites (tertiary alicyclic amines) is 1. The lowest BCUT2D eigenvalue weighted by Gasteiger charge is -2.32. The van der Waals surface area contributed by atoms with Gasteiger partial charge in [-0.25, -0.2) is 4.79 Å². The zero-order valence-corrected chi connectivity index (χ0v) is 15.3. The van der Waals surface area contributed by atoms with Gasteiger partial charge in [0.2, 0.25) is 0 Å². The van der Waals surface area contributed by atoms with Crippen LogP contribution < -0.4 is 10.1 Å². The van der Waals surface area contributed by atoms with Gasteiger partial charge in [-0.2, -0.15) is 0 Å². The number of urea groups is 1. The second-order valence-corrected chi connectivity index (χ2v) is 6.19. The van der Waals surface area contributed by atoms with Crippen LogP contribution in [0.5, 0.6) is 5.75 Å². The van der Waals surface area contributed by atoms with E-state index < -0.39 is 0 Å². The Hall–Kier alpha value is -2.24. The molecule has 0 radical (unpaired) electrons. The highest BCUT2D eigenvalue weighted by Gasteiger charge is 2.28. The van der Waals surface area contributed by atoms with Crippen LogP contribution in [0.2, 0.25) is 0 Å². The van der Waals surface area contributed by atoms with Crippen molar-refractivity contribution in [2.45, 2.75) is 39.7 Å². The third-order valence-corrected chi connectivity index (χ3v) is 4.41. The van der Waals surface area contributed by atoms with Crippen molar-refractivity contribution in [1.82, 2.24) is 10.2 Å². The number of esters is 1. The molecule has 2 rings (SSSR count). The molecule has 0 spiro atoms. The van der Waals surface area contributed by atoms with Crippen LogP contribution in [-0.4, -0.2) is 43.2 Å². The van der Waals surface area contributed by atoms with E-state index in [0.29, 0.717) is 39.1 Å². The topological polar surface area (TPSA) is 67.9 Å². The Morgan fingerprint density at radius 2 is 1.96 bits per heavy atom. The van der Waals surface area contributed by atoms with Gasteiger partial charge < -0.3 is 19.7 Å². The highest BCUT2D eigenvalue weighted by molar-refractivity contribution is 5.76. The Morgan fingerprint density at radius 3 is 2.60 bits per heavy atom. The number of hydrogen-bond donors (Lipinski definition) is 1. The molecule has 1 N–H and O–H groups in total. The Morgan fingerprint density at radius 1 is 1.24 bits per heavy atom. The van der Waals surface area contributed by atoms with E-state index in [-0.39, 0.29) is 24.0 Å². The number of rotatable bonds is 6. The molecule has 1 aliphatic rings. The first-order valence-corrected chi connectivity index (χ1v) is 9.00. The van der Waals surface area contributed by atoms with Gasteiger partial charge in [0, 0.05) is 13.1 Å². The number of amides is 2. The predicted molar refractivity (Wildman–Crippen MR) is 95.5 cm³/mol. The van der Waals surface area contributed by atoms with Crippen molar-refractivity contribution in [2.24, 2.45) is 5.92 Å². The molecule has 0 bridgehead atoms. The van der Waals surface area contributed by atoms with Crippen LogP contribution in [0, 0.1) is 5.92 Å². The number of hydrogen-bond acceptors (Lipinski definition) is 4. The Bertz CT molecular complexity index is 583. The highest BCUT2D eigenvalue weighted by atomic mass is 16.5. The van der Waals surface area contributed by atoms with Gasteiger partial charge in [-0.05, 0) is 51.3 Å². The smallest absolute Gasteiger partial charge is 0.317 e. The van der Waals surface area contributed by atoms with Crippen molar-refractivity contribution in [1.29, 1.82) is 0 Å². The SMILES string of the molecule is CCOC(=O)C1CCN(C(=O)N[C@@H](C)c2cccc(OCC)c2)CC1. The van der Waals surface area contributed by atoms with E-state index in [4.69, 9.17) is 9.47 Å². The molecule has 25 heavy (non-hydrogen) atoms. The molecule has 0 aliphatic carbocycles. The quantitative estimate of drug-likeness (QED) is 0.802. The van der Waals surface area contributed by atoms with E-state index >= 15 is 0 Å². The minimum absolute atomic E-state index is 0.0932. The fourth-order valence-electron chi connectivity index (χ4n) is 2.98. The molecular formula is C19H28N2O4. The zero-order valence-electron chi connectivity index (χ0n) is 15.3. The molecule has 2 amide bonds. The zero-order chi connectivity index (χ0) is 18.2. The van der Waals surface area contributed by atoms with Crippen molar-refractivity contribution < 1.29 is 19.1 Å². The van der Waals surface area contributed by atoms with E-state index in [1.165, 1.54) is 0 Å². The molecule has 0 aromatic heterocycles. The van der Waals surface area contributed by atoms with Crippen LogP contribution in [0.4, 0.5) is 4.79 Å². The van der Waals surface area contributed by atoms with Gasteiger partial charge in [0.05, 0.1) is 25.2 Å². The Kier molecular flexibility index (Phi) is 7.10. The highest BCUT2D eigenvalue weighted by Crippen LogP contribution is 2.21. The van der Waals surface area contributed by atoms with Crippen molar-refractivity contribution in [3.8, 4) is 5.75 Å². The number of piperidine rings is 1. The van der Waals surface area contributed by atoms with Gasteiger partial charge >= 0.3 is 12.0 Å². The van der Waals surface area contributed by atoms with Crippen LogP contribution >= 0.6 is 0 Å². The summed E-state index contributed by atoms with van der Waals surface area (Å²) in [6, 6.07) is 7.53. The largest absolute Gasteiger partial charge is 0.494 e. The summed E-state index contributed by atoms with van der Waals surface area (Å²) >= 11 is 0. The first kappa shape index (κ1) is 19.1. The van der Waals surface area contributed by atoms with Crippen LogP contribution in [0.1, 0.15) is 45.2 Å². The lowest BCUT2D eigenvalue weighted by molar-refractivity contribution is -0.149. The van der Waals surface area contributed by atoms with Crippen LogP contribution in [-0.2, 0) is 9.53 Å². The molecule has 1 saturated heterocycles. The summed E-state index contributed by atoms with van der Waals surface area (Å²) in [5.41, 5.74) is 1.00. The van der Waals surface area contributed by atoms with Gasteiger partial charge in [-0.1, -0.05) is 12.1 Å². The van der Waals surface area contributed by atoms with Gasteiger partial charge in [0.1, 0.15) is 5.75 Å². The molecule has 1 aliphatic heterocycles. The Labute approximate surface area is 149 Å². The summed E-state index contributed by atoms with van der Waals surface area (Å²) in [6.07, 6.45) is 1.31. The third kappa shape index (κ3) is 5.37.